The summed E-state index contributed by atoms with van der Waals surface area (Å²) in [5.41, 5.74) is 0.520. The second-order valence-corrected chi connectivity index (χ2v) is 8.15. The number of hydrogen-bond donors (Lipinski definition) is 1. The molecule has 1 aliphatic carbocycles. The molecule has 1 aliphatic heterocycles. The Morgan fingerprint density at radius 3 is 2.18 bits per heavy atom. The first kappa shape index (κ1) is 13.7. The molecule has 2 aliphatic rings. The van der Waals surface area contributed by atoms with Gasteiger partial charge < -0.3 is 5.32 Å². The summed E-state index contributed by atoms with van der Waals surface area (Å²) in [5.74, 6) is 3.68. The molecule has 0 spiro atoms. The number of thioether (sulfide) groups is 1. The van der Waals surface area contributed by atoms with Crippen molar-refractivity contribution in [3.63, 3.8) is 0 Å². The van der Waals surface area contributed by atoms with Crippen LogP contribution in [0.4, 0.5) is 0 Å². The highest BCUT2D eigenvalue weighted by Crippen LogP contribution is 2.38. The van der Waals surface area contributed by atoms with E-state index < -0.39 is 0 Å². The van der Waals surface area contributed by atoms with Crippen molar-refractivity contribution in [2.45, 2.75) is 71.4 Å². The Balaban J connectivity index is 1.71. The molecule has 1 saturated carbocycles. The van der Waals surface area contributed by atoms with Gasteiger partial charge in [0.1, 0.15) is 0 Å². The van der Waals surface area contributed by atoms with E-state index in [-0.39, 0.29) is 0 Å². The third-order valence-electron chi connectivity index (χ3n) is 4.58. The first-order valence-electron chi connectivity index (χ1n) is 7.39. The molecule has 0 radical (unpaired) electrons. The molecular weight excluding hydrogens is 226 g/mol. The highest BCUT2D eigenvalue weighted by atomic mass is 32.2. The molecule has 1 unspecified atom stereocenters. The minimum Gasteiger partial charge on any atom is -0.310 e. The van der Waals surface area contributed by atoms with Crippen molar-refractivity contribution < 1.29 is 0 Å². The monoisotopic (exact) mass is 255 g/mol. The van der Waals surface area contributed by atoms with Crippen molar-refractivity contribution in [3.8, 4) is 0 Å². The Labute approximate surface area is 112 Å². The lowest BCUT2D eigenvalue weighted by Crippen LogP contribution is -2.44. The van der Waals surface area contributed by atoms with E-state index in [1.165, 1.54) is 50.0 Å². The molecule has 100 valence electrons. The molecule has 0 bridgehead atoms. The summed E-state index contributed by atoms with van der Waals surface area (Å²) >= 11 is 2.13. The number of nitrogens with one attached hydrogen (secondary N) is 1. The first-order valence-corrected chi connectivity index (χ1v) is 8.55. The summed E-state index contributed by atoms with van der Waals surface area (Å²) in [6.07, 6.45) is 8.50. The van der Waals surface area contributed by atoms with E-state index in [1.807, 2.05) is 0 Å². The van der Waals surface area contributed by atoms with Crippen LogP contribution in [0, 0.1) is 11.3 Å². The van der Waals surface area contributed by atoms with Gasteiger partial charge in [0.25, 0.3) is 0 Å². The molecule has 2 fully saturated rings. The van der Waals surface area contributed by atoms with Crippen LogP contribution >= 0.6 is 11.8 Å². The van der Waals surface area contributed by atoms with Gasteiger partial charge in [-0.05, 0) is 55.6 Å². The minimum atomic E-state index is 0.520. The van der Waals surface area contributed by atoms with Crippen LogP contribution in [0.5, 0.6) is 0 Å². The van der Waals surface area contributed by atoms with Crippen molar-refractivity contribution in [1.29, 1.82) is 0 Å². The van der Waals surface area contributed by atoms with Crippen molar-refractivity contribution in [3.05, 3.63) is 0 Å². The zero-order valence-electron chi connectivity index (χ0n) is 11.8. The average Bonchev–Trinajstić information content (AvgIpc) is 2.30. The molecule has 1 atom stereocenters. The molecule has 0 aromatic rings. The van der Waals surface area contributed by atoms with Gasteiger partial charge in [-0.3, -0.25) is 0 Å². The zero-order chi connectivity index (χ0) is 12.3. The Kier molecular flexibility index (Phi) is 4.82. The fourth-order valence-corrected chi connectivity index (χ4v) is 4.42. The van der Waals surface area contributed by atoms with E-state index in [4.69, 9.17) is 0 Å². The summed E-state index contributed by atoms with van der Waals surface area (Å²) in [7, 11) is 0. The van der Waals surface area contributed by atoms with Gasteiger partial charge >= 0.3 is 0 Å². The third-order valence-corrected chi connectivity index (χ3v) is 5.80. The van der Waals surface area contributed by atoms with Crippen LogP contribution in [-0.2, 0) is 0 Å². The van der Waals surface area contributed by atoms with Crippen LogP contribution in [0.15, 0.2) is 0 Å². The number of rotatable bonds is 2. The number of hydrogen-bond acceptors (Lipinski definition) is 2. The van der Waals surface area contributed by atoms with Gasteiger partial charge in [0.2, 0.25) is 0 Å². The molecule has 1 saturated heterocycles. The van der Waals surface area contributed by atoms with Crippen molar-refractivity contribution in [1.82, 2.24) is 5.32 Å². The quantitative estimate of drug-likeness (QED) is 0.798. The molecule has 0 amide bonds. The SMILES string of the molecule is CC(C)(C)C1CCC(NC2CCCSC2)CC1. The van der Waals surface area contributed by atoms with Crippen LogP contribution in [0.25, 0.3) is 0 Å². The maximum absolute atomic E-state index is 3.91. The Hall–Kier alpha value is 0.310. The highest BCUT2D eigenvalue weighted by molar-refractivity contribution is 7.99. The second kappa shape index (κ2) is 5.97. The van der Waals surface area contributed by atoms with Crippen LogP contribution in [0.3, 0.4) is 0 Å². The van der Waals surface area contributed by atoms with E-state index in [0.717, 1.165) is 18.0 Å². The first-order chi connectivity index (χ1) is 8.05. The highest BCUT2D eigenvalue weighted by Gasteiger charge is 2.30. The Morgan fingerprint density at radius 1 is 0.941 bits per heavy atom. The zero-order valence-corrected chi connectivity index (χ0v) is 12.6. The minimum absolute atomic E-state index is 0.520. The predicted octanol–water partition coefficient (Wildman–Crippen LogP) is 4.08. The molecule has 1 nitrogen and oxygen atoms in total. The van der Waals surface area contributed by atoms with Gasteiger partial charge in [0, 0.05) is 17.8 Å². The molecular formula is C15H29NS. The molecule has 17 heavy (non-hydrogen) atoms. The Morgan fingerprint density at radius 2 is 1.65 bits per heavy atom. The normalized spacial score (nSPS) is 35.8. The van der Waals surface area contributed by atoms with Gasteiger partial charge in [-0.2, -0.15) is 11.8 Å². The Bertz CT molecular complexity index is 220. The van der Waals surface area contributed by atoms with E-state index >= 15 is 0 Å². The maximum Gasteiger partial charge on any atom is 0.0161 e. The molecule has 2 heteroatoms. The molecule has 0 aromatic heterocycles. The van der Waals surface area contributed by atoms with E-state index in [2.05, 4.69) is 37.8 Å². The maximum atomic E-state index is 3.91. The molecule has 1 heterocycles. The van der Waals surface area contributed by atoms with E-state index in [1.54, 1.807) is 0 Å². The molecule has 2 rings (SSSR count). The van der Waals surface area contributed by atoms with Crippen molar-refractivity contribution in [2.24, 2.45) is 11.3 Å². The fourth-order valence-electron chi connectivity index (χ4n) is 3.33. The van der Waals surface area contributed by atoms with Gasteiger partial charge in [0.05, 0.1) is 0 Å². The van der Waals surface area contributed by atoms with Gasteiger partial charge in [-0.15, -0.1) is 0 Å². The largest absolute Gasteiger partial charge is 0.310 e. The van der Waals surface area contributed by atoms with Gasteiger partial charge in [-0.25, -0.2) is 0 Å². The summed E-state index contributed by atoms with van der Waals surface area (Å²) in [4.78, 5) is 0. The smallest absolute Gasteiger partial charge is 0.0161 e. The van der Waals surface area contributed by atoms with Crippen LogP contribution in [-0.4, -0.2) is 23.6 Å². The average molecular weight is 255 g/mol. The van der Waals surface area contributed by atoms with E-state index in [9.17, 15) is 0 Å². The van der Waals surface area contributed by atoms with Crippen molar-refractivity contribution >= 4 is 11.8 Å². The summed E-state index contributed by atoms with van der Waals surface area (Å²) in [6, 6.07) is 1.63. The fraction of sp³-hybridized carbons (Fsp3) is 1.00. The predicted molar refractivity (Wildman–Crippen MR) is 78.7 cm³/mol. The third kappa shape index (κ3) is 4.17. The van der Waals surface area contributed by atoms with Crippen LogP contribution in [0.1, 0.15) is 59.3 Å². The summed E-state index contributed by atoms with van der Waals surface area (Å²) in [5, 5.41) is 3.91. The van der Waals surface area contributed by atoms with Gasteiger partial charge in [-0.1, -0.05) is 20.8 Å². The van der Waals surface area contributed by atoms with Gasteiger partial charge in [0.15, 0.2) is 0 Å². The topological polar surface area (TPSA) is 12.0 Å². The summed E-state index contributed by atoms with van der Waals surface area (Å²) in [6.45, 7) is 7.22. The van der Waals surface area contributed by atoms with E-state index in [0.29, 0.717) is 5.41 Å². The lowest BCUT2D eigenvalue weighted by atomic mass is 9.71. The molecule has 1 N–H and O–H groups in total. The van der Waals surface area contributed by atoms with Crippen molar-refractivity contribution in [2.75, 3.05) is 11.5 Å². The van der Waals surface area contributed by atoms with Crippen LogP contribution in [0.2, 0.25) is 0 Å². The summed E-state index contributed by atoms with van der Waals surface area (Å²) < 4.78 is 0. The van der Waals surface area contributed by atoms with Crippen LogP contribution < -0.4 is 5.32 Å². The lowest BCUT2D eigenvalue weighted by Gasteiger charge is -2.38. The lowest BCUT2D eigenvalue weighted by molar-refractivity contribution is 0.156. The second-order valence-electron chi connectivity index (χ2n) is 7.00. The standard InChI is InChI=1S/C15H29NS/c1-15(2,3)12-6-8-13(9-7-12)16-14-5-4-10-17-11-14/h12-14,16H,4-11H2,1-3H3. The molecule has 0 aromatic carbocycles.